The van der Waals surface area contributed by atoms with E-state index in [0.717, 1.165) is 17.1 Å². The summed E-state index contributed by atoms with van der Waals surface area (Å²) in [4.78, 5) is 0. The molecule has 3 N–H and O–H groups in total. The monoisotopic (exact) mass is 169 g/mol. The molecule has 12 heavy (non-hydrogen) atoms. The molecule has 3 nitrogen and oxygen atoms in total. The number of hydrogen-bond donors (Lipinski definition) is 2. The molecule has 1 aromatic heterocycles. The van der Waals surface area contributed by atoms with E-state index >= 15 is 0 Å². The fraction of sp³-hybridized carbons (Fsp3) is 0.556. The Morgan fingerprint density at radius 3 is 2.50 bits per heavy atom. The average molecular weight is 169 g/mol. The third-order valence-electron chi connectivity index (χ3n) is 1.98. The SMILES string of the molecule is Cc1cc(C(C)(N)CO)c(C)o1. The van der Waals surface area contributed by atoms with Crippen LogP contribution in [0.2, 0.25) is 0 Å². The van der Waals surface area contributed by atoms with Gasteiger partial charge in [0.15, 0.2) is 0 Å². The Labute approximate surface area is 72.2 Å². The summed E-state index contributed by atoms with van der Waals surface area (Å²) >= 11 is 0. The van der Waals surface area contributed by atoms with Crippen molar-refractivity contribution in [2.45, 2.75) is 26.3 Å². The van der Waals surface area contributed by atoms with Crippen molar-refractivity contribution in [1.29, 1.82) is 0 Å². The number of rotatable bonds is 2. The Hall–Kier alpha value is -0.800. The van der Waals surface area contributed by atoms with Crippen LogP contribution in [0.15, 0.2) is 10.5 Å². The molecule has 0 bridgehead atoms. The first kappa shape index (κ1) is 9.29. The zero-order chi connectivity index (χ0) is 9.35. The number of aliphatic hydroxyl groups excluding tert-OH is 1. The predicted octanol–water partition coefficient (Wildman–Crippen LogP) is 1.06. The highest BCUT2D eigenvalue weighted by Crippen LogP contribution is 2.23. The van der Waals surface area contributed by atoms with Crippen LogP contribution in [0.4, 0.5) is 0 Å². The fourth-order valence-electron chi connectivity index (χ4n) is 1.28. The standard InChI is InChI=1S/C9H15NO2/c1-6-4-8(7(2)12-6)9(3,10)5-11/h4,11H,5,10H2,1-3H3. The van der Waals surface area contributed by atoms with Gasteiger partial charge in [0.1, 0.15) is 11.5 Å². The first-order chi connectivity index (χ1) is 5.47. The van der Waals surface area contributed by atoms with Crippen molar-refractivity contribution in [3.63, 3.8) is 0 Å². The van der Waals surface area contributed by atoms with Gasteiger partial charge in [-0.15, -0.1) is 0 Å². The highest BCUT2D eigenvalue weighted by atomic mass is 16.3. The van der Waals surface area contributed by atoms with Crippen LogP contribution in [0.25, 0.3) is 0 Å². The minimum atomic E-state index is -0.693. The molecule has 3 heteroatoms. The van der Waals surface area contributed by atoms with Crippen molar-refractivity contribution in [1.82, 2.24) is 0 Å². The van der Waals surface area contributed by atoms with E-state index in [9.17, 15) is 0 Å². The second kappa shape index (κ2) is 2.92. The van der Waals surface area contributed by atoms with Crippen LogP contribution in [0.5, 0.6) is 0 Å². The molecular formula is C9H15NO2. The highest BCUT2D eigenvalue weighted by molar-refractivity contribution is 5.27. The molecule has 0 spiro atoms. The van der Waals surface area contributed by atoms with Crippen molar-refractivity contribution in [2.24, 2.45) is 5.73 Å². The normalized spacial score (nSPS) is 16.1. The largest absolute Gasteiger partial charge is 0.466 e. The topological polar surface area (TPSA) is 59.4 Å². The summed E-state index contributed by atoms with van der Waals surface area (Å²) < 4.78 is 5.31. The van der Waals surface area contributed by atoms with Crippen LogP contribution in [0, 0.1) is 13.8 Å². The average Bonchev–Trinajstić information content (AvgIpc) is 2.31. The molecule has 1 atom stereocenters. The van der Waals surface area contributed by atoms with E-state index in [-0.39, 0.29) is 6.61 Å². The molecule has 0 radical (unpaired) electrons. The van der Waals surface area contributed by atoms with Crippen molar-refractivity contribution in [3.8, 4) is 0 Å². The van der Waals surface area contributed by atoms with Crippen LogP contribution in [0.3, 0.4) is 0 Å². The van der Waals surface area contributed by atoms with Crippen molar-refractivity contribution >= 4 is 0 Å². The quantitative estimate of drug-likeness (QED) is 0.696. The minimum Gasteiger partial charge on any atom is -0.466 e. The van der Waals surface area contributed by atoms with E-state index in [1.165, 1.54) is 0 Å². The van der Waals surface area contributed by atoms with Crippen molar-refractivity contribution < 1.29 is 9.52 Å². The summed E-state index contributed by atoms with van der Waals surface area (Å²) in [6.07, 6.45) is 0. The van der Waals surface area contributed by atoms with Gasteiger partial charge in [-0.25, -0.2) is 0 Å². The lowest BCUT2D eigenvalue weighted by molar-refractivity contribution is 0.208. The summed E-state index contributed by atoms with van der Waals surface area (Å²) in [6.45, 7) is 5.42. The highest BCUT2D eigenvalue weighted by Gasteiger charge is 2.24. The smallest absolute Gasteiger partial charge is 0.106 e. The number of hydrogen-bond acceptors (Lipinski definition) is 3. The van der Waals surface area contributed by atoms with Crippen LogP contribution < -0.4 is 5.73 Å². The zero-order valence-corrected chi connectivity index (χ0v) is 7.72. The molecule has 0 saturated heterocycles. The maximum Gasteiger partial charge on any atom is 0.106 e. The molecule has 1 aromatic rings. The van der Waals surface area contributed by atoms with Gasteiger partial charge in [0.25, 0.3) is 0 Å². The Morgan fingerprint density at radius 2 is 2.17 bits per heavy atom. The Balaban J connectivity index is 3.09. The Morgan fingerprint density at radius 1 is 1.58 bits per heavy atom. The predicted molar refractivity (Wildman–Crippen MR) is 46.8 cm³/mol. The maximum absolute atomic E-state index is 9.01. The van der Waals surface area contributed by atoms with Gasteiger partial charge in [-0.2, -0.15) is 0 Å². The third-order valence-corrected chi connectivity index (χ3v) is 1.98. The van der Waals surface area contributed by atoms with Crippen LogP contribution >= 0.6 is 0 Å². The number of aryl methyl sites for hydroxylation is 2. The molecule has 0 aliphatic rings. The van der Waals surface area contributed by atoms with E-state index in [4.69, 9.17) is 15.3 Å². The van der Waals surface area contributed by atoms with E-state index in [0.29, 0.717) is 0 Å². The molecule has 0 aliphatic carbocycles. The molecule has 0 saturated carbocycles. The molecule has 0 aliphatic heterocycles. The third kappa shape index (κ3) is 1.52. The van der Waals surface area contributed by atoms with Crippen LogP contribution in [-0.4, -0.2) is 11.7 Å². The molecule has 68 valence electrons. The van der Waals surface area contributed by atoms with Gasteiger partial charge < -0.3 is 15.3 Å². The lowest BCUT2D eigenvalue weighted by Crippen LogP contribution is -2.37. The van der Waals surface area contributed by atoms with Gasteiger partial charge >= 0.3 is 0 Å². The first-order valence-corrected chi connectivity index (χ1v) is 3.94. The second-order valence-electron chi connectivity index (χ2n) is 3.40. The summed E-state index contributed by atoms with van der Waals surface area (Å²) in [5.74, 6) is 1.61. The summed E-state index contributed by atoms with van der Waals surface area (Å²) in [7, 11) is 0. The lowest BCUT2D eigenvalue weighted by atomic mass is 9.95. The summed E-state index contributed by atoms with van der Waals surface area (Å²) in [5.41, 5.74) is 6.03. The molecule has 0 fully saturated rings. The van der Waals surface area contributed by atoms with Gasteiger partial charge in [0, 0.05) is 5.56 Å². The van der Waals surface area contributed by atoms with Gasteiger partial charge in [-0.05, 0) is 26.8 Å². The van der Waals surface area contributed by atoms with E-state index < -0.39 is 5.54 Å². The second-order valence-corrected chi connectivity index (χ2v) is 3.40. The van der Waals surface area contributed by atoms with Gasteiger partial charge in [-0.1, -0.05) is 0 Å². The molecule has 0 amide bonds. The van der Waals surface area contributed by atoms with Crippen LogP contribution in [-0.2, 0) is 5.54 Å². The molecule has 1 heterocycles. The van der Waals surface area contributed by atoms with Gasteiger partial charge in [0.05, 0.1) is 12.1 Å². The number of furan rings is 1. The van der Waals surface area contributed by atoms with Gasteiger partial charge in [-0.3, -0.25) is 0 Å². The van der Waals surface area contributed by atoms with Crippen molar-refractivity contribution in [3.05, 3.63) is 23.2 Å². The zero-order valence-electron chi connectivity index (χ0n) is 7.72. The summed E-state index contributed by atoms with van der Waals surface area (Å²) in [6, 6.07) is 1.87. The molecule has 0 aromatic carbocycles. The molecule has 1 rings (SSSR count). The number of nitrogens with two attached hydrogens (primary N) is 1. The molecular weight excluding hydrogens is 154 g/mol. The minimum absolute atomic E-state index is 0.0766. The lowest BCUT2D eigenvalue weighted by Gasteiger charge is -2.20. The van der Waals surface area contributed by atoms with Crippen LogP contribution in [0.1, 0.15) is 24.0 Å². The first-order valence-electron chi connectivity index (χ1n) is 3.94. The fourth-order valence-corrected chi connectivity index (χ4v) is 1.28. The summed E-state index contributed by atoms with van der Waals surface area (Å²) in [5, 5.41) is 9.01. The Kier molecular flexibility index (Phi) is 2.26. The molecule has 1 unspecified atom stereocenters. The maximum atomic E-state index is 9.01. The van der Waals surface area contributed by atoms with Gasteiger partial charge in [0.2, 0.25) is 0 Å². The Bertz CT molecular complexity index is 276. The number of aliphatic hydroxyl groups is 1. The van der Waals surface area contributed by atoms with E-state index in [1.807, 2.05) is 19.9 Å². The van der Waals surface area contributed by atoms with E-state index in [1.54, 1.807) is 6.92 Å². The van der Waals surface area contributed by atoms with E-state index in [2.05, 4.69) is 0 Å². The van der Waals surface area contributed by atoms with Crippen molar-refractivity contribution in [2.75, 3.05) is 6.61 Å².